The molecule has 0 bridgehead atoms. The van der Waals surface area contributed by atoms with E-state index in [4.69, 9.17) is 9.84 Å². The van der Waals surface area contributed by atoms with Gasteiger partial charge in [-0.2, -0.15) is 10.2 Å². The van der Waals surface area contributed by atoms with E-state index in [1.165, 1.54) is 5.69 Å². The Bertz CT molecular complexity index is 1340. The molecule has 0 aliphatic carbocycles. The van der Waals surface area contributed by atoms with E-state index in [1.54, 1.807) is 6.92 Å². The van der Waals surface area contributed by atoms with Gasteiger partial charge in [0.15, 0.2) is 5.82 Å². The monoisotopic (exact) mass is 444 g/mol. The van der Waals surface area contributed by atoms with Gasteiger partial charge in [-0.3, -0.25) is 18.7 Å². The Labute approximate surface area is 192 Å². The fourth-order valence-electron chi connectivity index (χ4n) is 5.19. The van der Waals surface area contributed by atoms with Gasteiger partial charge in [-0.25, -0.2) is 0 Å². The van der Waals surface area contributed by atoms with Crippen LogP contribution in [-0.2, 0) is 29.5 Å². The lowest BCUT2D eigenvalue weighted by atomic mass is 10.0. The summed E-state index contributed by atoms with van der Waals surface area (Å²) in [6.07, 6.45) is 8.80. The van der Waals surface area contributed by atoms with Gasteiger partial charge in [0.2, 0.25) is 5.91 Å². The molecule has 5 heterocycles. The number of benzene rings is 1. The van der Waals surface area contributed by atoms with Crippen LogP contribution in [0.2, 0.25) is 0 Å². The third-order valence-corrected chi connectivity index (χ3v) is 7.01. The van der Waals surface area contributed by atoms with Gasteiger partial charge in [0.05, 0.1) is 24.3 Å². The van der Waals surface area contributed by atoms with E-state index in [0.29, 0.717) is 12.6 Å². The fourth-order valence-corrected chi connectivity index (χ4v) is 5.19. The smallest absolute Gasteiger partial charge is 0.219 e. The van der Waals surface area contributed by atoms with Crippen molar-refractivity contribution >= 4 is 16.8 Å². The van der Waals surface area contributed by atoms with Crippen molar-refractivity contribution in [2.45, 2.75) is 38.8 Å². The van der Waals surface area contributed by atoms with E-state index in [2.05, 4.69) is 44.8 Å². The van der Waals surface area contributed by atoms with Crippen molar-refractivity contribution in [2.75, 3.05) is 19.8 Å². The number of hydrogen-bond donors (Lipinski definition) is 0. The molecule has 1 amide bonds. The number of fused-ring (bicyclic) bond motifs is 2. The number of hydrogen-bond acceptors (Lipinski definition) is 4. The highest BCUT2D eigenvalue weighted by Crippen LogP contribution is 2.33. The molecule has 8 nitrogen and oxygen atoms in total. The van der Waals surface area contributed by atoms with Crippen molar-refractivity contribution in [3.63, 3.8) is 0 Å². The number of rotatable bonds is 3. The van der Waals surface area contributed by atoms with Crippen LogP contribution in [0.15, 0.2) is 42.9 Å². The number of nitrogens with zero attached hydrogens (tertiary/aromatic N) is 6. The first kappa shape index (κ1) is 20.2. The topological polar surface area (TPSA) is 70.1 Å². The van der Waals surface area contributed by atoms with Gasteiger partial charge < -0.3 is 9.64 Å². The molecule has 0 saturated carbocycles. The van der Waals surface area contributed by atoms with Crippen LogP contribution >= 0.6 is 0 Å². The lowest BCUT2D eigenvalue weighted by molar-refractivity contribution is -0.129. The van der Waals surface area contributed by atoms with Crippen LogP contribution in [-0.4, -0.2) is 54.7 Å². The molecule has 0 radical (unpaired) electrons. The molecule has 1 saturated heterocycles. The van der Waals surface area contributed by atoms with E-state index in [1.807, 2.05) is 29.0 Å². The Morgan fingerprint density at radius 2 is 2.00 bits per heavy atom. The third kappa shape index (κ3) is 3.45. The van der Waals surface area contributed by atoms with Crippen LogP contribution in [0.4, 0.5) is 0 Å². The number of aryl methyl sites for hydroxylation is 1. The molecule has 1 fully saturated rings. The van der Waals surface area contributed by atoms with Crippen molar-refractivity contribution in [2.24, 2.45) is 7.05 Å². The second-order valence-corrected chi connectivity index (χ2v) is 9.09. The molecule has 33 heavy (non-hydrogen) atoms. The summed E-state index contributed by atoms with van der Waals surface area (Å²) < 4.78 is 11.8. The summed E-state index contributed by atoms with van der Waals surface area (Å²) >= 11 is 0. The molecular weight excluding hydrogens is 416 g/mol. The molecule has 4 aromatic rings. The lowest BCUT2D eigenvalue weighted by Crippen LogP contribution is -2.35. The quantitative estimate of drug-likeness (QED) is 0.485. The first-order valence-corrected chi connectivity index (χ1v) is 11.6. The van der Waals surface area contributed by atoms with Crippen molar-refractivity contribution in [1.29, 1.82) is 0 Å². The number of ether oxygens (including phenoxy) is 1. The summed E-state index contributed by atoms with van der Waals surface area (Å²) in [5.41, 5.74) is 5.74. The van der Waals surface area contributed by atoms with E-state index >= 15 is 0 Å². The first-order chi connectivity index (χ1) is 16.1. The highest BCUT2D eigenvalue weighted by atomic mass is 16.5. The Morgan fingerprint density at radius 3 is 2.76 bits per heavy atom. The standard InChI is InChI=1S/C25H28N6O2/c1-17(32)29-9-6-23-22(16-29)25(27-31(23)21-7-11-33-12-8-21)30-10-5-18-3-4-19(13-24(18)30)20-14-26-28(2)15-20/h3-5,10,13-15,21H,6-9,11-12,16H2,1-2H3. The van der Waals surface area contributed by atoms with Gasteiger partial charge in [0.25, 0.3) is 0 Å². The minimum absolute atomic E-state index is 0.113. The van der Waals surface area contributed by atoms with Crippen molar-refractivity contribution in [3.8, 4) is 16.9 Å². The normalized spacial score (nSPS) is 17.0. The van der Waals surface area contributed by atoms with E-state index in [-0.39, 0.29) is 5.91 Å². The molecule has 1 aromatic carbocycles. The minimum Gasteiger partial charge on any atom is -0.381 e. The highest BCUT2D eigenvalue weighted by molar-refractivity contribution is 5.86. The van der Waals surface area contributed by atoms with Crippen molar-refractivity contribution < 1.29 is 9.53 Å². The molecular formula is C25H28N6O2. The van der Waals surface area contributed by atoms with Crippen molar-refractivity contribution in [3.05, 3.63) is 54.1 Å². The summed E-state index contributed by atoms with van der Waals surface area (Å²) in [6, 6.07) is 8.97. The van der Waals surface area contributed by atoms with Gasteiger partial charge in [0, 0.05) is 74.8 Å². The van der Waals surface area contributed by atoms with Crippen LogP contribution in [0, 0.1) is 0 Å². The SMILES string of the molecule is CC(=O)N1CCc2c(c(-n3ccc4ccc(-c5cnn(C)c5)cc43)nn2C2CCOCC2)C1. The predicted octanol–water partition coefficient (Wildman–Crippen LogP) is 3.48. The number of carbonyl (C=O) groups is 1. The largest absolute Gasteiger partial charge is 0.381 e. The average Bonchev–Trinajstić information content (AvgIpc) is 3.55. The fraction of sp³-hybridized carbons (Fsp3) is 0.400. The maximum absolute atomic E-state index is 12.2. The summed E-state index contributed by atoms with van der Waals surface area (Å²) in [7, 11) is 1.93. The lowest BCUT2D eigenvalue weighted by Gasteiger charge is -2.29. The third-order valence-electron chi connectivity index (χ3n) is 7.01. The molecule has 0 atom stereocenters. The van der Waals surface area contributed by atoms with Gasteiger partial charge >= 0.3 is 0 Å². The second-order valence-electron chi connectivity index (χ2n) is 9.09. The molecule has 8 heteroatoms. The van der Waals surface area contributed by atoms with E-state index < -0.39 is 0 Å². The molecule has 6 rings (SSSR count). The Morgan fingerprint density at radius 1 is 1.15 bits per heavy atom. The number of amides is 1. The molecule has 3 aromatic heterocycles. The summed E-state index contributed by atoms with van der Waals surface area (Å²) in [4.78, 5) is 14.1. The molecule has 2 aliphatic rings. The van der Waals surface area contributed by atoms with Gasteiger partial charge in [-0.1, -0.05) is 12.1 Å². The Hall–Kier alpha value is -3.39. The van der Waals surface area contributed by atoms with Crippen LogP contribution in [0.5, 0.6) is 0 Å². The molecule has 0 unspecified atom stereocenters. The summed E-state index contributed by atoms with van der Waals surface area (Å²) in [5.74, 6) is 1.04. The number of aromatic nitrogens is 5. The second kappa shape index (κ2) is 7.88. The van der Waals surface area contributed by atoms with Crippen LogP contribution in [0.25, 0.3) is 27.8 Å². The maximum atomic E-state index is 12.2. The molecule has 0 spiro atoms. The zero-order valence-electron chi connectivity index (χ0n) is 19.1. The molecule has 0 N–H and O–H groups in total. The van der Waals surface area contributed by atoms with Crippen LogP contribution < -0.4 is 0 Å². The maximum Gasteiger partial charge on any atom is 0.219 e. The number of carbonyl (C=O) groups excluding carboxylic acids is 1. The summed E-state index contributed by atoms with van der Waals surface area (Å²) in [5, 5.41) is 10.7. The van der Waals surface area contributed by atoms with Crippen LogP contribution in [0.3, 0.4) is 0 Å². The van der Waals surface area contributed by atoms with Gasteiger partial charge in [-0.05, 0) is 30.5 Å². The van der Waals surface area contributed by atoms with Gasteiger partial charge in [0.1, 0.15) is 0 Å². The Kier molecular flexibility index (Phi) is 4.83. The molecule has 2 aliphatic heterocycles. The van der Waals surface area contributed by atoms with Crippen molar-refractivity contribution in [1.82, 2.24) is 29.0 Å². The van der Waals surface area contributed by atoms with Gasteiger partial charge in [-0.15, -0.1) is 0 Å². The average molecular weight is 445 g/mol. The van der Waals surface area contributed by atoms with E-state index in [9.17, 15) is 4.79 Å². The van der Waals surface area contributed by atoms with E-state index in [0.717, 1.165) is 72.4 Å². The zero-order chi connectivity index (χ0) is 22.5. The van der Waals surface area contributed by atoms with Crippen LogP contribution in [0.1, 0.15) is 37.1 Å². The zero-order valence-corrected chi connectivity index (χ0v) is 19.1. The highest BCUT2D eigenvalue weighted by Gasteiger charge is 2.30. The minimum atomic E-state index is 0.113. The summed E-state index contributed by atoms with van der Waals surface area (Å²) in [6.45, 7) is 4.54. The predicted molar refractivity (Wildman–Crippen MR) is 125 cm³/mol. The molecule has 170 valence electrons. The first-order valence-electron chi connectivity index (χ1n) is 11.6. The Balaban J connectivity index is 1.50.